The highest BCUT2D eigenvalue weighted by molar-refractivity contribution is 5.96. The van der Waals surface area contributed by atoms with E-state index in [-0.39, 0.29) is 0 Å². The van der Waals surface area contributed by atoms with Gasteiger partial charge in [0, 0.05) is 48.5 Å². The van der Waals surface area contributed by atoms with Gasteiger partial charge in [-0.25, -0.2) is 13.7 Å². The second-order valence-corrected chi connectivity index (χ2v) is 23.4. The van der Waals surface area contributed by atoms with Crippen molar-refractivity contribution < 1.29 is 13.7 Å². The minimum Gasteiger partial charge on any atom is -0.264 e. The van der Waals surface area contributed by atoms with Crippen molar-refractivity contribution in [1.29, 1.82) is 0 Å². The summed E-state index contributed by atoms with van der Waals surface area (Å²) in [4.78, 5) is 8.60. The Morgan fingerprint density at radius 1 is 0.425 bits per heavy atom. The molecule has 9 aromatic rings. The van der Waals surface area contributed by atoms with Gasteiger partial charge in [-0.05, 0) is 154 Å². The molecule has 0 unspecified atom stereocenters. The number of fused-ring (bicyclic) bond motifs is 3. The molecular weight excluding hydrogens is 887 g/mol. The molecule has 0 spiro atoms. The van der Waals surface area contributed by atoms with Crippen LogP contribution in [-0.4, -0.2) is 9.97 Å². The third-order valence-corrected chi connectivity index (χ3v) is 14.9. The largest absolute Gasteiger partial charge is 0.264 e. The number of aryl methyl sites for hydroxylation is 6. The second-order valence-electron chi connectivity index (χ2n) is 23.4. The minimum atomic E-state index is 0.311. The van der Waals surface area contributed by atoms with Gasteiger partial charge in [0.05, 0.1) is 27.3 Å². The van der Waals surface area contributed by atoms with E-state index >= 15 is 0 Å². The van der Waals surface area contributed by atoms with Crippen LogP contribution in [0.4, 0.5) is 0 Å². The van der Waals surface area contributed by atoms with Crippen molar-refractivity contribution in [3.63, 3.8) is 0 Å². The Bertz CT molecular complexity index is 3180. The highest BCUT2D eigenvalue weighted by Gasteiger charge is 2.25. The van der Waals surface area contributed by atoms with Crippen molar-refractivity contribution in [2.45, 2.75) is 115 Å². The van der Waals surface area contributed by atoms with E-state index in [4.69, 9.17) is 0 Å². The summed E-state index contributed by atoms with van der Waals surface area (Å²) in [6, 6.07) is 40.4. The van der Waals surface area contributed by atoms with Crippen LogP contribution in [0.2, 0.25) is 0 Å². The molecule has 0 bridgehead atoms. The van der Waals surface area contributed by atoms with E-state index in [1.54, 1.807) is 0 Å². The zero-order valence-corrected chi connectivity index (χ0v) is 47.3. The van der Waals surface area contributed by atoms with Crippen LogP contribution in [0.25, 0.3) is 66.1 Å². The average Bonchev–Trinajstić information content (AvgIpc) is 3.32. The van der Waals surface area contributed by atoms with Gasteiger partial charge in [-0.1, -0.05) is 131 Å². The fourth-order valence-electron chi connectivity index (χ4n) is 11.7. The number of rotatable bonds is 10. The molecule has 0 aliphatic rings. The van der Waals surface area contributed by atoms with Gasteiger partial charge in [-0.2, -0.15) is 0 Å². The van der Waals surface area contributed by atoms with Crippen LogP contribution in [0, 0.1) is 49.9 Å². The van der Waals surface area contributed by atoms with Crippen molar-refractivity contribution in [2.24, 2.45) is 50.2 Å². The lowest BCUT2D eigenvalue weighted by Crippen LogP contribution is -2.30. The normalized spacial score (nSPS) is 11.9. The van der Waals surface area contributed by atoms with Gasteiger partial charge < -0.3 is 0 Å². The van der Waals surface area contributed by atoms with E-state index in [0.717, 1.165) is 6.42 Å². The Balaban J connectivity index is 0.000000160. The molecule has 378 valence electrons. The van der Waals surface area contributed by atoms with Crippen molar-refractivity contribution in [1.82, 2.24) is 9.97 Å². The van der Waals surface area contributed by atoms with Gasteiger partial charge in [0.25, 0.3) is 0 Å². The standard InChI is InChI=1S/2C23H29N2.C22H26N/c1-15(2)22(16(3)4)19-7-8-21-18(13-19)10-12-25(6)23(21)20-9-11-24-14-17(20)5;1-15(2)22(16(3)4)19-7-8-20-18(13-19)10-12-25(6)23(20)21-14-24-11-9-17(21)5;1-16-8-6-7-9-19(16)21-20-11-10-17(15-22(2,3)4)14-18(20)12-13-23(21)5/h2*7-16,22H,1-6H3;6-14H,15H2,1-5H3/q3*+1. The van der Waals surface area contributed by atoms with Crippen LogP contribution in [0.1, 0.15) is 121 Å². The Morgan fingerprint density at radius 2 is 0.836 bits per heavy atom. The Hall–Kier alpha value is -6.59. The van der Waals surface area contributed by atoms with Crippen LogP contribution in [0.5, 0.6) is 0 Å². The van der Waals surface area contributed by atoms with Crippen LogP contribution in [0.3, 0.4) is 0 Å². The van der Waals surface area contributed by atoms with Gasteiger partial charge in [-0.3, -0.25) is 9.97 Å². The molecule has 0 radical (unpaired) electrons. The first-order chi connectivity index (χ1) is 34.6. The SMILES string of the molecule is Cc1ccccc1-c1c2ccc(CC(C)(C)C)cc2cc[n+]1C.Cc1ccncc1-c1c2ccc(C(C(C)C)C(C)C)cc2cc[n+]1C.Cc1cnccc1-c1c2ccc(C(C(C)C)C(C)C)cc2cc[n+]1C. The summed E-state index contributed by atoms with van der Waals surface area (Å²) in [5, 5.41) is 7.85. The maximum atomic E-state index is 4.35. The molecular formula is C68H84N5+3. The van der Waals surface area contributed by atoms with Gasteiger partial charge in [0.2, 0.25) is 17.1 Å². The summed E-state index contributed by atoms with van der Waals surface area (Å²) in [6.07, 6.45) is 15.3. The van der Waals surface area contributed by atoms with E-state index in [0.29, 0.717) is 40.9 Å². The van der Waals surface area contributed by atoms with E-state index in [1.165, 1.54) is 99.5 Å². The maximum absolute atomic E-state index is 4.35. The molecule has 0 saturated carbocycles. The molecule has 0 fully saturated rings. The van der Waals surface area contributed by atoms with Gasteiger partial charge in [0.15, 0.2) is 18.6 Å². The first-order valence-corrected chi connectivity index (χ1v) is 26.8. The lowest BCUT2D eigenvalue weighted by Gasteiger charge is -2.25. The molecule has 0 aliphatic heterocycles. The van der Waals surface area contributed by atoms with Crippen molar-refractivity contribution in [3.05, 3.63) is 186 Å². The summed E-state index contributed by atoms with van der Waals surface area (Å²) >= 11 is 0. The number of pyridine rings is 5. The molecule has 9 rings (SSSR count). The summed E-state index contributed by atoms with van der Waals surface area (Å²) in [6.45, 7) is 31.9. The summed E-state index contributed by atoms with van der Waals surface area (Å²) < 4.78 is 6.65. The maximum Gasteiger partial charge on any atom is 0.221 e. The van der Waals surface area contributed by atoms with Gasteiger partial charge in [-0.15, -0.1) is 0 Å². The summed E-state index contributed by atoms with van der Waals surface area (Å²) in [5.41, 5.74) is 15.9. The zero-order chi connectivity index (χ0) is 52.9. The predicted octanol–water partition coefficient (Wildman–Crippen LogP) is 16.1. The van der Waals surface area contributed by atoms with Crippen LogP contribution in [-0.2, 0) is 27.6 Å². The van der Waals surface area contributed by atoms with E-state index in [2.05, 4.69) is 270 Å². The first-order valence-electron chi connectivity index (χ1n) is 26.8. The summed E-state index contributed by atoms with van der Waals surface area (Å²) in [5.74, 6) is 3.72. The molecule has 0 amide bonds. The Morgan fingerprint density at radius 3 is 1.29 bits per heavy atom. The monoisotopic (exact) mass is 971 g/mol. The molecule has 4 aromatic carbocycles. The van der Waals surface area contributed by atoms with Crippen LogP contribution >= 0.6 is 0 Å². The first kappa shape index (κ1) is 54.2. The van der Waals surface area contributed by atoms with Crippen LogP contribution < -0.4 is 13.7 Å². The molecule has 5 heterocycles. The van der Waals surface area contributed by atoms with Crippen molar-refractivity contribution >= 4 is 32.3 Å². The number of benzene rings is 4. The molecule has 0 N–H and O–H groups in total. The second kappa shape index (κ2) is 23.1. The van der Waals surface area contributed by atoms with E-state index < -0.39 is 0 Å². The van der Waals surface area contributed by atoms with Crippen LogP contribution in [0.15, 0.2) is 153 Å². The minimum absolute atomic E-state index is 0.311. The number of hydrogen-bond acceptors (Lipinski definition) is 2. The van der Waals surface area contributed by atoms with Gasteiger partial charge in [0.1, 0.15) is 21.1 Å². The van der Waals surface area contributed by atoms with E-state index in [1.807, 2.05) is 24.8 Å². The topological polar surface area (TPSA) is 37.4 Å². The zero-order valence-electron chi connectivity index (χ0n) is 47.3. The highest BCUT2D eigenvalue weighted by Crippen LogP contribution is 2.38. The van der Waals surface area contributed by atoms with Gasteiger partial charge >= 0.3 is 0 Å². The smallest absolute Gasteiger partial charge is 0.221 e. The fourth-order valence-corrected chi connectivity index (χ4v) is 11.7. The third kappa shape index (κ3) is 12.4. The lowest BCUT2D eigenvalue weighted by atomic mass is 9.79. The predicted molar refractivity (Wildman–Crippen MR) is 309 cm³/mol. The van der Waals surface area contributed by atoms with E-state index in [9.17, 15) is 0 Å². The molecule has 0 aliphatic carbocycles. The Kier molecular flexibility index (Phi) is 17.1. The molecule has 5 heteroatoms. The van der Waals surface area contributed by atoms with Crippen molar-refractivity contribution in [3.8, 4) is 33.8 Å². The number of nitrogens with zero attached hydrogens (tertiary/aromatic N) is 5. The number of aromatic nitrogens is 5. The lowest BCUT2D eigenvalue weighted by molar-refractivity contribution is -0.659. The molecule has 5 nitrogen and oxygen atoms in total. The average molecular weight is 971 g/mol. The highest BCUT2D eigenvalue weighted by atomic mass is 14.9. The Labute approximate surface area is 439 Å². The molecule has 73 heavy (non-hydrogen) atoms. The number of hydrogen-bond donors (Lipinski definition) is 0. The fraction of sp³-hybridized carbons (Fsp3) is 0.368. The summed E-state index contributed by atoms with van der Waals surface area (Å²) in [7, 11) is 6.36. The molecule has 0 atom stereocenters. The molecule has 5 aromatic heterocycles. The van der Waals surface area contributed by atoms with Crippen molar-refractivity contribution in [2.75, 3.05) is 0 Å². The third-order valence-electron chi connectivity index (χ3n) is 14.9. The quantitative estimate of drug-likeness (QED) is 0.128. The molecule has 0 saturated heterocycles.